The highest BCUT2D eigenvalue weighted by Gasteiger charge is 2.55. The zero-order valence-electron chi connectivity index (χ0n) is 17.7. The van der Waals surface area contributed by atoms with Crippen molar-refractivity contribution in [1.82, 2.24) is 9.78 Å². The van der Waals surface area contributed by atoms with Gasteiger partial charge in [0.15, 0.2) is 0 Å². The van der Waals surface area contributed by atoms with Crippen molar-refractivity contribution >= 4 is 28.2 Å². The Labute approximate surface area is 192 Å². The Hall–Kier alpha value is -3.10. The number of benzene rings is 3. The number of nitrogens with one attached hydrogen (secondary N) is 1. The summed E-state index contributed by atoms with van der Waals surface area (Å²) in [5.74, 6) is -0.411. The number of hydrogen-bond acceptors (Lipinski definition) is 3. The van der Waals surface area contributed by atoms with Gasteiger partial charge in [0.2, 0.25) is 5.60 Å². The second kappa shape index (κ2) is 8.35. The Morgan fingerprint density at radius 1 is 1.00 bits per heavy atom. The van der Waals surface area contributed by atoms with E-state index >= 15 is 0 Å². The van der Waals surface area contributed by atoms with Gasteiger partial charge in [-0.15, -0.1) is 0 Å². The molecular formula is C24H20ClF4N3O. The summed E-state index contributed by atoms with van der Waals surface area (Å²) in [5.41, 5.74) is -0.586. The largest absolute Gasteiger partial charge is 0.423 e. The minimum absolute atomic E-state index is 0.321. The van der Waals surface area contributed by atoms with Gasteiger partial charge in [-0.3, -0.25) is 0 Å². The van der Waals surface area contributed by atoms with Gasteiger partial charge in [0.1, 0.15) is 5.82 Å². The third kappa shape index (κ3) is 4.28. The lowest BCUT2D eigenvalue weighted by atomic mass is 9.91. The number of nitrogens with zero attached hydrogens (tertiary/aromatic N) is 2. The molecule has 0 spiro atoms. The first-order valence-corrected chi connectivity index (χ1v) is 10.4. The van der Waals surface area contributed by atoms with Crippen LogP contribution in [0.1, 0.15) is 16.7 Å². The quantitative estimate of drug-likeness (QED) is 0.332. The number of anilines is 1. The number of rotatable bonds is 5. The molecule has 9 heteroatoms. The molecule has 3 aromatic carbocycles. The van der Waals surface area contributed by atoms with Gasteiger partial charge in [0.25, 0.3) is 0 Å². The number of fused-ring (bicyclic) bond motifs is 1. The van der Waals surface area contributed by atoms with Crippen LogP contribution >= 0.6 is 11.6 Å². The number of aromatic nitrogens is 2. The van der Waals surface area contributed by atoms with E-state index < -0.39 is 24.1 Å². The average molecular weight is 478 g/mol. The Morgan fingerprint density at radius 3 is 2.24 bits per heavy atom. The van der Waals surface area contributed by atoms with Crippen molar-refractivity contribution in [3.8, 4) is 5.69 Å². The van der Waals surface area contributed by atoms with Crippen LogP contribution in [0.25, 0.3) is 16.6 Å². The van der Waals surface area contributed by atoms with Crippen LogP contribution in [0, 0.1) is 19.7 Å². The van der Waals surface area contributed by atoms with Crippen molar-refractivity contribution in [1.29, 1.82) is 0 Å². The van der Waals surface area contributed by atoms with Gasteiger partial charge in [0, 0.05) is 16.1 Å². The fraction of sp³-hybridized carbons (Fsp3) is 0.208. The molecule has 1 unspecified atom stereocenters. The zero-order chi connectivity index (χ0) is 24.0. The first-order valence-electron chi connectivity index (χ1n) is 10.0. The molecule has 172 valence electrons. The third-order valence-corrected chi connectivity index (χ3v) is 5.82. The molecule has 0 aliphatic rings. The maximum absolute atomic E-state index is 14.1. The number of hydrogen-bond donors (Lipinski definition) is 2. The standard InChI is InChI=1S/C24H20ClF4N3O/c1-14-9-18(25)10-15(2)22(14)30-13-23(33,24(27,28)29)17-3-8-21-16(11-17)12-31-32(21)20-6-4-19(26)5-7-20/h3-12,30,33H,13H2,1-2H3. The summed E-state index contributed by atoms with van der Waals surface area (Å²) in [6.07, 6.45) is -3.55. The van der Waals surface area contributed by atoms with Crippen molar-refractivity contribution in [2.75, 3.05) is 11.9 Å². The fourth-order valence-electron chi connectivity index (χ4n) is 3.85. The molecule has 1 aromatic heterocycles. The van der Waals surface area contributed by atoms with Crippen molar-refractivity contribution < 1.29 is 22.7 Å². The lowest BCUT2D eigenvalue weighted by Gasteiger charge is -2.32. The minimum Gasteiger partial charge on any atom is -0.381 e. The van der Waals surface area contributed by atoms with Crippen molar-refractivity contribution in [3.63, 3.8) is 0 Å². The number of alkyl halides is 3. The molecule has 1 atom stereocenters. The highest BCUT2D eigenvalue weighted by atomic mass is 35.5. The summed E-state index contributed by atoms with van der Waals surface area (Å²) < 4.78 is 57.0. The molecule has 2 N–H and O–H groups in total. The minimum atomic E-state index is -4.95. The molecule has 0 fully saturated rings. The van der Waals surface area contributed by atoms with Gasteiger partial charge in [-0.25, -0.2) is 9.07 Å². The molecule has 0 radical (unpaired) electrons. The molecule has 4 rings (SSSR count). The molecule has 4 aromatic rings. The summed E-state index contributed by atoms with van der Waals surface area (Å²) in [6, 6.07) is 12.8. The van der Waals surface area contributed by atoms with Gasteiger partial charge >= 0.3 is 6.18 Å². The van der Waals surface area contributed by atoms with Gasteiger partial charge in [-0.1, -0.05) is 17.7 Å². The van der Waals surface area contributed by atoms with Crippen molar-refractivity contribution in [3.05, 3.63) is 88.3 Å². The molecule has 0 aliphatic heterocycles. The smallest absolute Gasteiger partial charge is 0.381 e. The molecule has 4 nitrogen and oxygen atoms in total. The summed E-state index contributed by atoms with van der Waals surface area (Å²) in [7, 11) is 0. The predicted octanol–water partition coefficient (Wildman–Crippen LogP) is 6.30. The molecule has 0 saturated heterocycles. The van der Waals surface area contributed by atoms with Crippen molar-refractivity contribution in [2.24, 2.45) is 0 Å². The monoisotopic (exact) mass is 477 g/mol. The van der Waals surface area contributed by atoms with E-state index in [2.05, 4.69) is 10.4 Å². The maximum atomic E-state index is 14.1. The Kier molecular flexibility index (Phi) is 5.84. The Bertz CT molecular complexity index is 1290. The summed E-state index contributed by atoms with van der Waals surface area (Å²) in [4.78, 5) is 0. The molecule has 1 heterocycles. The van der Waals surface area contributed by atoms with Gasteiger partial charge in [-0.05, 0) is 79.1 Å². The van der Waals surface area contributed by atoms with E-state index in [1.165, 1.54) is 53.3 Å². The first-order chi connectivity index (χ1) is 15.5. The van der Waals surface area contributed by atoms with E-state index in [0.29, 0.717) is 38.4 Å². The molecule has 0 saturated carbocycles. The SMILES string of the molecule is Cc1cc(Cl)cc(C)c1NCC(O)(c1ccc2c(cnn2-c2ccc(F)cc2)c1)C(F)(F)F. The lowest BCUT2D eigenvalue weighted by Crippen LogP contribution is -2.47. The normalized spacial score (nSPS) is 13.8. The van der Waals surface area contributed by atoms with Gasteiger partial charge in [0.05, 0.1) is 23.9 Å². The van der Waals surface area contributed by atoms with Crippen LogP contribution in [-0.4, -0.2) is 27.6 Å². The number of aliphatic hydroxyl groups is 1. The highest BCUT2D eigenvalue weighted by molar-refractivity contribution is 6.30. The fourth-order valence-corrected chi connectivity index (χ4v) is 4.18. The summed E-state index contributed by atoms with van der Waals surface area (Å²) in [5, 5.41) is 18.7. The van der Waals surface area contributed by atoms with E-state index in [1.807, 2.05) is 0 Å². The summed E-state index contributed by atoms with van der Waals surface area (Å²) >= 11 is 6.01. The van der Waals surface area contributed by atoms with Crippen LogP contribution in [0.2, 0.25) is 5.02 Å². The second-order valence-electron chi connectivity index (χ2n) is 7.93. The molecule has 0 amide bonds. The highest BCUT2D eigenvalue weighted by Crippen LogP contribution is 2.40. The second-order valence-corrected chi connectivity index (χ2v) is 8.37. The van der Waals surface area contributed by atoms with Crippen LogP contribution in [0.3, 0.4) is 0 Å². The maximum Gasteiger partial charge on any atom is 0.423 e. The van der Waals surface area contributed by atoms with Crippen LogP contribution in [0.4, 0.5) is 23.2 Å². The molecular weight excluding hydrogens is 458 g/mol. The lowest BCUT2D eigenvalue weighted by molar-refractivity contribution is -0.260. The van der Waals surface area contributed by atoms with E-state index in [-0.39, 0.29) is 5.56 Å². The average Bonchev–Trinajstić information content (AvgIpc) is 3.16. The zero-order valence-corrected chi connectivity index (χ0v) is 18.5. The first kappa shape index (κ1) is 23.1. The van der Waals surface area contributed by atoms with E-state index in [1.54, 1.807) is 26.0 Å². The molecule has 0 aliphatic carbocycles. The van der Waals surface area contributed by atoms with E-state index in [9.17, 15) is 22.7 Å². The van der Waals surface area contributed by atoms with Crippen LogP contribution in [0.15, 0.2) is 60.8 Å². The third-order valence-electron chi connectivity index (χ3n) is 5.60. The van der Waals surface area contributed by atoms with Crippen LogP contribution in [-0.2, 0) is 5.60 Å². The number of halogens is 5. The summed E-state index contributed by atoms with van der Waals surface area (Å²) in [6.45, 7) is 2.66. The van der Waals surface area contributed by atoms with Crippen molar-refractivity contribution in [2.45, 2.75) is 25.6 Å². The Morgan fingerprint density at radius 2 is 1.64 bits per heavy atom. The van der Waals surface area contributed by atoms with Gasteiger partial charge < -0.3 is 10.4 Å². The predicted molar refractivity (Wildman–Crippen MR) is 120 cm³/mol. The van der Waals surface area contributed by atoms with Crippen LogP contribution < -0.4 is 5.32 Å². The molecule has 33 heavy (non-hydrogen) atoms. The van der Waals surface area contributed by atoms with E-state index in [0.717, 1.165) is 0 Å². The topological polar surface area (TPSA) is 50.1 Å². The Balaban J connectivity index is 1.71. The molecule has 0 bridgehead atoms. The van der Waals surface area contributed by atoms with Crippen LogP contribution in [0.5, 0.6) is 0 Å². The van der Waals surface area contributed by atoms with E-state index in [4.69, 9.17) is 11.6 Å². The van der Waals surface area contributed by atoms with Gasteiger partial charge in [-0.2, -0.15) is 18.3 Å². The number of aryl methyl sites for hydroxylation is 2.